The summed E-state index contributed by atoms with van der Waals surface area (Å²) in [6.45, 7) is 6.04. The standard InChI is InChI=1S/C18H21NO2S/c1-3-7-17(16-8-5-4-6-9-16)14-19-22(20,21)18-12-10-15(2)11-13-18/h3-6,8-13,17,19H,1,7,14H2,2H3. The molecular weight excluding hydrogens is 294 g/mol. The second kappa shape index (κ2) is 7.38. The van der Waals surface area contributed by atoms with Crippen molar-refractivity contribution in [1.82, 2.24) is 4.72 Å². The average Bonchev–Trinajstić information content (AvgIpc) is 2.53. The Hall–Kier alpha value is -1.91. The van der Waals surface area contributed by atoms with Gasteiger partial charge in [-0.2, -0.15) is 0 Å². The van der Waals surface area contributed by atoms with E-state index in [1.54, 1.807) is 24.3 Å². The SMILES string of the molecule is C=CCC(CNS(=O)(=O)c1ccc(C)cc1)c1ccccc1. The minimum absolute atomic E-state index is 0.0823. The van der Waals surface area contributed by atoms with Crippen LogP contribution in [-0.2, 0) is 10.0 Å². The van der Waals surface area contributed by atoms with Crippen LogP contribution in [0.25, 0.3) is 0 Å². The van der Waals surface area contributed by atoms with Gasteiger partial charge in [0, 0.05) is 12.5 Å². The highest BCUT2D eigenvalue weighted by Crippen LogP contribution is 2.20. The van der Waals surface area contributed by atoms with Crippen LogP contribution in [0.2, 0.25) is 0 Å². The third-order valence-electron chi connectivity index (χ3n) is 3.57. The van der Waals surface area contributed by atoms with Gasteiger partial charge < -0.3 is 0 Å². The van der Waals surface area contributed by atoms with Gasteiger partial charge in [0.25, 0.3) is 0 Å². The molecule has 4 heteroatoms. The number of rotatable bonds is 7. The zero-order valence-electron chi connectivity index (χ0n) is 12.7. The second-order valence-electron chi connectivity index (χ2n) is 5.30. The molecule has 0 aliphatic heterocycles. The largest absolute Gasteiger partial charge is 0.240 e. The lowest BCUT2D eigenvalue weighted by Gasteiger charge is -2.16. The van der Waals surface area contributed by atoms with Crippen LogP contribution in [0, 0.1) is 6.92 Å². The molecule has 0 fully saturated rings. The van der Waals surface area contributed by atoms with Crippen LogP contribution < -0.4 is 4.72 Å². The smallest absolute Gasteiger partial charge is 0.211 e. The van der Waals surface area contributed by atoms with Gasteiger partial charge in [0.1, 0.15) is 0 Å². The molecule has 1 N–H and O–H groups in total. The van der Waals surface area contributed by atoms with Gasteiger partial charge in [-0.25, -0.2) is 13.1 Å². The Balaban J connectivity index is 2.11. The Morgan fingerprint density at radius 1 is 1.09 bits per heavy atom. The lowest BCUT2D eigenvalue weighted by atomic mass is 9.96. The first-order valence-electron chi connectivity index (χ1n) is 7.25. The number of hydrogen-bond acceptors (Lipinski definition) is 2. The molecule has 116 valence electrons. The lowest BCUT2D eigenvalue weighted by molar-refractivity contribution is 0.570. The highest BCUT2D eigenvalue weighted by molar-refractivity contribution is 7.89. The molecule has 2 aromatic rings. The molecule has 0 spiro atoms. The predicted octanol–water partition coefficient (Wildman–Crippen LogP) is 3.63. The molecule has 1 unspecified atom stereocenters. The Morgan fingerprint density at radius 2 is 1.73 bits per heavy atom. The van der Waals surface area contributed by atoms with Crippen molar-refractivity contribution < 1.29 is 8.42 Å². The van der Waals surface area contributed by atoms with Gasteiger partial charge in [0.05, 0.1) is 4.90 Å². The van der Waals surface area contributed by atoms with Crippen molar-refractivity contribution in [1.29, 1.82) is 0 Å². The van der Waals surface area contributed by atoms with Gasteiger partial charge >= 0.3 is 0 Å². The van der Waals surface area contributed by atoms with Gasteiger partial charge in [0.15, 0.2) is 0 Å². The second-order valence-corrected chi connectivity index (χ2v) is 7.06. The Bertz CT molecular complexity index is 707. The summed E-state index contributed by atoms with van der Waals surface area (Å²) >= 11 is 0. The Morgan fingerprint density at radius 3 is 2.32 bits per heavy atom. The zero-order chi connectivity index (χ0) is 16.0. The molecule has 0 bridgehead atoms. The average molecular weight is 315 g/mol. The maximum Gasteiger partial charge on any atom is 0.240 e. The van der Waals surface area contributed by atoms with E-state index < -0.39 is 10.0 Å². The van der Waals surface area contributed by atoms with Gasteiger partial charge in [-0.1, -0.05) is 54.1 Å². The number of hydrogen-bond donors (Lipinski definition) is 1. The van der Waals surface area contributed by atoms with Crippen molar-refractivity contribution in [3.8, 4) is 0 Å². The number of aryl methyl sites for hydroxylation is 1. The van der Waals surface area contributed by atoms with E-state index in [1.165, 1.54) is 0 Å². The fourth-order valence-corrected chi connectivity index (χ4v) is 3.36. The van der Waals surface area contributed by atoms with E-state index in [0.29, 0.717) is 11.4 Å². The molecule has 0 radical (unpaired) electrons. The summed E-state index contributed by atoms with van der Waals surface area (Å²) in [5.41, 5.74) is 2.14. The zero-order valence-corrected chi connectivity index (χ0v) is 13.5. The molecule has 1 atom stereocenters. The molecule has 22 heavy (non-hydrogen) atoms. The molecule has 2 rings (SSSR count). The van der Waals surface area contributed by atoms with Crippen molar-refractivity contribution in [3.05, 3.63) is 78.4 Å². The van der Waals surface area contributed by atoms with E-state index in [0.717, 1.165) is 17.5 Å². The summed E-state index contributed by atoms with van der Waals surface area (Å²) in [4.78, 5) is 0.295. The first-order chi connectivity index (χ1) is 10.5. The molecule has 0 saturated carbocycles. The van der Waals surface area contributed by atoms with Crippen molar-refractivity contribution in [2.24, 2.45) is 0 Å². The molecule has 0 aromatic heterocycles. The molecule has 0 aliphatic carbocycles. The molecular formula is C18H21NO2S. The van der Waals surface area contributed by atoms with Crippen molar-refractivity contribution in [3.63, 3.8) is 0 Å². The van der Waals surface area contributed by atoms with Gasteiger partial charge in [-0.3, -0.25) is 0 Å². The Kier molecular flexibility index (Phi) is 5.52. The van der Waals surface area contributed by atoms with Crippen molar-refractivity contribution in [2.75, 3.05) is 6.54 Å². The molecule has 3 nitrogen and oxygen atoms in total. The van der Waals surface area contributed by atoms with Crippen LogP contribution >= 0.6 is 0 Å². The monoisotopic (exact) mass is 315 g/mol. The maximum atomic E-state index is 12.3. The normalized spacial score (nSPS) is 12.8. The van der Waals surface area contributed by atoms with Crippen LogP contribution in [0.5, 0.6) is 0 Å². The number of benzene rings is 2. The Labute approximate surface area is 132 Å². The summed E-state index contributed by atoms with van der Waals surface area (Å²) in [5, 5.41) is 0. The van der Waals surface area contributed by atoms with Crippen LogP contribution in [0.4, 0.5) is 0 Å². The lowest BCUT2D eigenvalue weighted by Crippen LogP contribution is -2.28. The van der Waals surface area contributed by atoms with E-state index in [1.807, 2.05) is 43.3 Å². The summed E-state index contributed by atoms with van der Waals surface area (Å²) < 4.78 is 27.4. The number of nitrogens with one attached hydrogen (secondary N) is 1. The topological polar surface area (TPSA) is 46.2 Å². The molecule has 0 amide bonds. The van der Waals surface area contributed by atoms with E-state index in [4.69, 9.17) is 0 Å². The minimum Gasteiger partial charge on any atom is -0.211 e. The van der Waals surface area contributed by atoms with E-state index in [9.17, 15) is 8.42 Å². The fourth-order valence-electron chi connectivity index (χ4n) is 2.27. The van der Waals surface area contributed by atoms with Crippen LogP contribution in [0.3, 0.4) is 0 Å². The summed E-state index contributed by atoms with van der Waals surface area (Å²) in [7, 11) is -3.48. The summed E-state index contributed by atoms with van der Waals surface area (Å²) in [6.07, 6.45) is 2.54. The summed E-state index contributed by atoms with van der Waals surface area (Å²) in [5.74, 6) is 0.0823. The van der Waals surface area contributed by atoms with E-state index in [-0.39, 0.29) is 5.92 Å². The molecule has 0 heterocycles. The molecule has 0 saturated heterocycles. The van der Waals surface area contributed by atoms with E-state index in [2.05, 4.69) is 11.3 Å². The van der Waals surface area contributed by atoms with Crippen LogP contribution in [0.1, 0.15) is 23.5 Å². The third kappa shape index (κ3) is 4.29. The highest BCUT2D eigenvalue weighted by atomic mass is 32.2. The van der Waals surface area contributed by atoms with Crippen LogP contribution in [-0.4, -0.2) is 15.0 Å². The van der Waals surface area contributed by atoms with Crippen LogP contribution in [0.15, 0.2) is 72.1 Å². The first kappa shape index (κ1) is 16.5. The predicted molar refractivity (Wildman–Crippen MR) is 90.4 cm³/mol. The van der Waals surface area contributed by atoms with Crippen molar-refractivity contribution in [2.45, 2.75) is 24.2 Å². The van der Waals surface area contributed by atoms with Gasteiger partial charge in [-0.15, -0.1) is 6.58 Å². The van der Waals surface area contributed by atoms with E-state index >= 15 is 0 Å². The first-order valence-corrected chi connectivity index (χ1v) is 8.73. The number of allylic oxidation sites excluding steroid dienone is 1. The van der Waals surface area contributed by atoms with Gasteiger partial charge in [0.2, 0.25) is 10.0 Å². The quantitative estimate of drug-likeness (QED) is 0.793. The molecule has 0 aliphatic rings. The van der Waals surface area contributed by atoms with Crippen molar-refractivity contribution >= 4 is 10.0 Å². The summed E-state index contributed by atoms with van der Waals surface area (Å²) in [6, 6.07) is 16.7. The third-order valence-corrected chi connectivity index (χ3v) is 5.01. The number of sulfonamides is 1. The highest BCUT2D eigenvalue weighted by Gasteiger charge is 2.17. The minimum atomic E-state index is -3.48. The molecule has 2 aromatic carbocycles. The van der Waals surface area contributed by atoms with Gasteiger partial charge in [-0.05, 0) is 31.0 Å². The maximum absolute atomic E-state index is 12.3. The fraction of sp³-hybridized carbons (Fsp3) is 0.222.